The van der Waals surface area contributed by atoms with E-state index in [0.717, 1.165) is 12.8 Å². The molecule has 4 heterocycles. The van der Waals surface area contributed by atoms with E-state index >= 15 is 0 Å². The van der Waals surface area contributed by atoms with Crippen molar-refractivity contribution >= 4 is 21.6 Å². The smallest absolute Gasteiger partial charge is 0.291 e. The number of hydrogen-bond acceptors (Lipinski definition) is 8. The largest absolute Gasteiger partial charge is 0.486 e. The zero-order chi connectivity index (χ0) is 21.0. The van der Waals surface area contributed by atoms with Crippen molar-refractivity contribution in [1.82, 2.24) is 14.9 Å². The van der Waals surface area contributed by atoms with Gasteiger partial charge in [0.25, 0.3) is 5.91 Å². The van der Waals surface area contributed by atoms with E-state index in [9.17, 15) is 13.2 Å². The number of anilines is 1. The van der Waals surface area contributed by atoms with Crippen molar-refractivity contribution < 1.29 is 22.7 Å². The molecule has 0 bridgehead atoms. The second-order valence-corrected chi connectivity index (χ2v) is 11.2. The first-order valence-corrected chi connectivity index (χ1v) is 11.9. The fourth-order valence-corrected chi connectivity index (χ4v) is 4.56. The minimum Gasteiger partial charge on any atom is -0.486 e. The number of ether oxygens (including phenoxy) is 2. The maximum atomic E-state index is 13.1. The van der Waals surface area contributed by atoms with Crippen LogP contribution in [0, 0.1) is 0 Å². The molecule has 0 N–H and O–H groups in total. The second-order valence-electron chi connectivity index (χ2n) is 8.59. The summed E-state index contributed by atoms with van der Waals surface area (Å²) in [5.74, 6) is 0.601. The molecule has 2 atom stereocenters. The molecule has 4 rings (SSSR count). The molecule has 1 aromatic rings. The van der Waals surface area contributed by atoms with Gasteiger partial charge in [-0.15, -0.1) is 0 Å². The van der Waals surface area contributed by atoms with Gasteiger partial charge in [-0.2, -0.15) is 0 Å². The number of hydrogen-bond donors (Lipinski definition) is 0. The fourth-order valence-electron chi connectivity index (χ4n) is 4.07. The molecule has 29 heavy (non-hydrogen) atoms. The van der Waals surface area contributed by atoms with Gasteiger partial charge in [-0.05, 0) is 33.6 Å². The van der Waals surface area contributed by atoms with Crippen LogP contribution in [-0.2, 0) is 19.3 Å². The lowest BCUT2D eigenvalue weighted by Gasteiger charge is -2.45. The number of amides is 1. The summed E-state index contributed by atoms with van der Waals surface area (Å²) in [6, 6.07) is -0.0136. The maximum absolute atomic E-state index is 13.1. The minimum absolute atomic E-state index is 0.0234. The summed E-state index contributed by atoms with van der Waals surface area (Å²) in [4.78, 5) is 25.9. The fraction of sp³-hybridized carbons (Fsp3) is 0.737. The molecule has 2 fully saturated rings. The highest BCUT2D eigenvalue weighted by Gasteiger charge is 2.44. The van der Waals surface area contributed by atoms with Gasteiger partial charge in [0.15, 0.2) is 21.4 Å². The van der Waals surface area contributed by atoms with E-state index in [1.807, 2.05) is 6.92 Å². The van der Waals surface area contributed by atoms with Gasteiger partial charge in [0.05, 0.1) is 25.3 Å². The molecule has 1 aromatic heterocycles. The first kappa shape index (κ1) is 20.3. The van der Waals surface area contributed by atoms with Crippen LogP contribution in [0.2, 0.25) is 0 Å². The van der Waals surface area contributed by atoms with Gasteiger partial charge in [0.2, 0.25) is 5.82 Å². The molecule has 10 heteroatoms. The molecule has 3 aliphatic rings. The molecule has 0 unspecified atom stereocenters. The number of carbonyl (C=O) groups is 1. The summed E-state index contributed by atoms with van der Waals surface area (Å²) in [5.41, 5.74) is 0.240. The van der Waals surface area contributed by atoms with Gasteiger partial charge < -0.3 is 19.3 Å². The van der Waals surface area contributed by atoms with Crippen LogP contribution < -0.4 is 9.64 Å². The summed E-state index contributed by atoms with van der Waals surface area (Å²) in [7, 11) is -3.53. The van der Waals surface area contributed by atoms with Gasteiger partial charge in [-0.3, -0.25) is 4.79 Å². The predicted molar refractivity (Wildman–Crippen MR) is 107 cm³/mol. The Bertz CT molecular complexity index is 927. The van der Waals surface area contributed by atoms with E-state index in [-0.39, 0.29) is 29.5 Å². The monoisotopic (exact) mass is 424 g/mol. The third-order valence-corrected chi connectivity index (χ3v) is 8.18. The summed E-state index contributed by atoms with van der Waals surface area (Å²) < 4.78 is 35.4. The highest BCUT2D eigenvalue weighted by Crippen LogP contribution is 2.43. The number of likely N-dealkylation sites (tertiary alicyclic amines) is 1. The van der Waals surface area contributed by atoms with E-state index in [1.54, 1.807) is 18.7 Å². The highest BCUT2D eigenvalue weighted by molar-refractivity contribution is 7.91. The number of nitrogens with zero attached hydrogens (tertiary/aromatic N) is 4. The van der Waals surface area contributed by atoms with Crippen molar-refractivity contribution in [3.8, 4) is 5.75 Å². The third kappa shape index (κ3) is 3.35. The zero-order valence-corrected chi connectivity index (χ0v) is 18.2. The maximum Gasteiger partial charge on any atom is 0.291 e. The van der Waals surface area contributed by atoms with E-state index in [0.29, 0.717) is 44.5 Å². The first-order valence-electron chi connectivity index (χ1n) is 10.0. The number of aromatic nitrogens is 2. The lowest BCUT2D eigenvalue weighted by molar-refractivity contribution is 0.0480. The minimum atomic E-state index is -3.53. The molecule has 0 saturated carbocycles. The number of rotatable bonds is 3. The molecule has 9 nitrogen and oxygen atoms in total. The van der Waals surface area contributed by atoms with Crippen molar-refractivity contribution in [1.29, 1.82) is 0 Å². The highest BCUT2D eigenvalue weighted by atomic mass is 32.2. The Morgan fingerprint density at radius 3 is 2.48 bits per heavy atom. The van der Waals surface area contributed by atoms with Crippen LogP contribution in [0.15, 0.2) is 0 Å². The number of carbonyl (C=O) groups excluding carboxylic acids is 1. The first-order chi connectivity index (χ1) is 13.6. The van der Waals surface area contributed by atoms with Crippen molar-refractivity contribution in [2.75, 3.05) is 44.1 Å². The molecule has 0 aromatic carbocycles. The predicted octanol–water partition coefficient (Wildman–Crippen LogP) is 0.978. The Balaban J connectivity index is 1.90. The van der Waals surface area contributed by atoms with Gasteiger partial charge in [0, 0.05) is 19.3 Å². The molecule has 0 radical (unpaired) electrons. The molecule has 160 valence electrons. The van der Waals surface area contributed by atoms with Gasteiger partial charge in [0.1, 0.15) is 17.0 Å². The molecular formula is C19H28N4O5S. The summed E-state index contributed by atoms with van der Waals surface area (Å²) in [6.45, 7) is 7.91. The Morgan fingerprint density at radius 1 is 1.14 bits per heavy atom. The Hall–Kier alpha value is -1.94. The average Bonchev–Trinajstić information content (AvgIpc) is 3.20. The van der Waals surface area contributed by atoms with E-state index in [4.69, 9.17) is 9.47 Å². The standard InChI is InChI=1S/C19H28N4O5S/c1-12-9-27-10-13-11-28-14-15(19(2,3)29(4,25)26)20-16(21-17(14)23(12)13)18(24)22-7-5-6-8-22/h12-13H,5-11H2,1-4H3/t12-,13+/m1/s1. The summed E-state index contributed by atoms with van der Waals surface area (Å²) in [5, 5.41) is 0. The zero-order valence-electron chi connectivity index (χ0n) is 17.3. The van der Waals surface area contributed by atoms with Crippen molar-refractivity contribution in [3.05, 3.63) is 11.5 Å². The van der Waals surface area contributed by atoms with Gasteiger partial charge in [-0.25, -0.2) is 18.4 Å². The number of sulfone groups is 1. The quantitative estimate of drug-likeness (QED) is 0.708. The Morgan fingerprint density at radius 2 is 1.83 bits per heavy atom. The average molecular weight is 425 g/mol. The van der Waals surface area contributed by atoms with Crippen molar-refractivity contribution in [3.63, 3.8) is 0 Å². The summed E-state index contributed by atoms with van der Waals surface area (Å²) in [6.07, 6.45) is 3.07. The van der Waals surface area contributed by atoms with Crippen LogP contribution in [0.3, 0.4) is 0 Å². The SMILES string of the molecule is C[C@@H]1COC[C@H]2COc3c(nc(C(=O)N4CCCC4)nc3C(C)(C)S(C)(=O)=O)N21. The normalized spacial score (nSPS) is 24.7. The topological polar surface area (TPSA) is 102 Å². The van der Waals surface area contributed by atoms with E-state index in [1.165, 1.54) is 6.26 Å². The van der Waals surface area contributed by atoms with Crippen LogP contribution in [0.25, 0.3) is 0 Å². The molecule has 0 spiro atoms. The molecular weight excluding hydrogens is 396 g/mol. The summed E-state index contributed by atoms with van der Waals surface area (Å²) >= 11 is 0. The van der Waals surface area contributed by atoms with Gasteiger partial charge in [-0.1, -0.05) is 0 Å². The Kier molecular flexibility index (Phi) is 4.97. The van der Waals surface area contributed by atoms with Crippen LogP contribution >= 0.6 is 0 Å². The molecule has 2 saturated heterocycles. The van der Waals surface area contributed by atoms with Gasteiger partial charge >= 0.3 is 0 Å². The molecule has 0 aliphatic carbocycles. The molecule has 3 aliphatic heterocycles. The van der Waals surface area contributed by atoms with E-state index < -0.39 is 14.6 Å². The lowest BCUT2D eigenvalue weighted by atomic mass is 10.0. The Labute approximate surface area is 171 Å². The van der Waals surface area contributed by atoms with Crippen LogP contribution in [0.1, 0.15) is 49.9 Å². The van der Waals surface area contributed by atoms with Crippen LogP contribution in [0.4, 0.5) is 5.82 Å². The molecule has 1 amide bonds. The third-order valence-electron chi connectivity index (χ3n) is 6.13. The number of fused-ring (bicyclic) bond motifs is 3. The second kappa shape index (κ2) is 7.09. The lowest BCUT2D eigenvalue weighted by Crippen LogP contribution is -2.56. The van der Waals surface area contributed by atoms with Crippen LogP contribution in [-0.4, -0.2) is 80.4 Å². The van der Waals surface area contributed by atoms with Crippen molar-refractivity contribution in [2.24, 2.45) is 0 Å². The van der Waals surface area contributed by atoms with Crippen molar-refractivity contribution in [2.45, 2.75) is 50.4 Å². The van der Waals surface area contributed by atoms with E-state index in [2.05, 4.69) is 14.9 Å². The number of morpholine rings is 1. The van der Waals surface area contributed by atoms with Crippen LogP contribution in [0.5, 0.6) is 5.75 Å².